The number of carbonyl (C=O) groups excluding carboxylic acids is 1. The van der Waals surface area contributed by atoms with Crippen molar-refractivity contribution in [2.75, 3.05) is 12.3 Å². The van der Waals surface area contributed by atoms with Crippen molar-refractivity contribution < 1.29 is 22.3 Å². The van der Waals surface area contributed by atoms with Crippen molar-refractivity contribution in [3.8, 4) is 5.75 Å². The van der Waals surface area contributed by atoms with Gasteiger partial charge in [0.25, 0.3) is 11.6 Å². The number of non-ortho nitro benzene ring substituents is 1. The Morgan fingerprint density at radius 3 is 2.17 bits per heavy atom. The Balaban J connectivity index is 2.17. The van der Waals surface area contributed by atoms with Gasteiger partial charge < -0.3 is 9.08 Å². The van der Waals surface area contributed by atoms with E-state index in [4.69, 9.17) is 4.18 Å². The largest absolute Gasteiger partial charge is 0.382 e. The predicted octanol–water partition coefficient (Wildman–Crippen LogP) is 3.62. The van der Waals surface area contributed by atoms with Gasteiger partial charge in [-0.1, -0.05) is 26.0 Å². The second-order valence-electron chi connectivity index (χ2n) is 6.96. The molecule has 0 spiro atoms. The van der Waals surface area contributed by atoms with Gasteiger partial charge in [0.15, 0.2) is 0 Å². The Hall–Kier alpha value is -2.94. The smallest absolute Gasteiger partial charge is 0.308 e. The van der Waals surface area contributed by atoms with Gasteiger partial charge in [-0.25, -0.2) is 0 Å². The fourth-order valence-electron chi connectivity index (χ4n) is 2.64. The van der Waals surface area contributed by atoms with Crippen LogP contribution in [0.15, 0.2) is 48.5 Å². The van der Waals surface area contributed by atoms with E-state index in [1.165, 1.54) is 31.2 Å². The molecule has 0 bridgehead atoms. The lowest BCUT2D eigenvalue weighted by Crippen LogP contribution is -2.33. The van der Waals surface area contributed by atoms with E-state index in [1.807, 2.05) is 13.8 Å². The maximum atomic E-state index is 12.9. The number of rotatable bonds is 9. The first kappa shape index (κ1) is 22.4. The van der Waals surface area contributed by atoms with Crippen LogP contribution in [0.4, 0.5) is 5.69 Å². The zero-order chi connectivity index (χ0) is 21.6. The van der Waals surface area contributed by atoms with Crippen LogP contribution in [0, 0.1) is 16.0 Å². The summed E-state index contributed by atoms with van der Waals surface area (Å²) >= 11 is 0. The van der Waals surface area contributed by atoms with Crippen LogP contribution >= 0.6 is 0 Å². The fraction of sp³-hybridized carbons (Fsp3) is 0.350. The van der Waals surface area contributed by atoms with Crippen LogP contribution in [0.1, 0.15) is 36.7 Å². The molecule has 2 aromatic carbocycles. The van der Waals surface area contributed by atoms with Crippen molar-refractivity contribution in [2.45, 2.75) is 27.3 Å². The number of hydrogen-bond acceptors (Lipinski definition) is 6. The van der Waals surface area contributed by atoms with E-state index in [1.54, 1.807) is 29.2 Å². The molecule has 0 fully saturated rings. The van der Waals surface area contributed by atoms with E-state index < -0.39 is 15.0 Å². The summed E-state index contributed by atoms with van der Waals surface area (Å²) in [7, 11) is -3.60. The number of benzene rings is 2. The van der Waals surface area contributed by atoms with E-state index in [0.29, 0.717) is 18.7 Å². The minimum absolute atomic E-state index is 0.0745. The summed E-state index contributed by atoms with van der Waals surface area (Å²) in [6, 6.07) is 12.0. The molecule has 0 unspecified atom stereocenters. The first-order valence-electron chi connectivity index (χ1n) is 9.16. The second kappa shape index (κ2) is 9.51. The first-order chi connectivity index (χ1) is 13.6. The SMILES string of the molecule is CCS(=O)(=O)Oc1ccc(CN(CC(C)C)C(=O)c2ccc([N+](=O)[O-])cc2)cc1. The number of nitro benzene ring substituents is 1. The zero-order valence-corrected chi connectivity index (χ0v) is 17.4. The Bertz CT molecular complexity index is 953. The molecule has 156 valence electrons. The van der Waals surface area contributed by atoms with Gasteiger partial charge in [-0.2, -0.15) is 8.42 Å². The molecule has 0 aliphatic carbocycles. The topological polar surface area (TPSA) is 107 Å². The fourth-order valence-corrected chi connectivity index (χ4v) is 3.17. The van der Waals surface area contributed by atoms with Crippen molar-refractivity contribution in [2.24, 2.45) is 5.92 Å². The zero-order valence-electron chi connectivity index (χ0n) is 16.6. The molecular weight excluding hydrogens is 396 g/mol. The standard InChI is InChI=1S/C20H24N2O6S/c1-4-29(26,27)28-19-11-5-16(6-12-19)14-21(13-15(2)3)20(23)17-7-9-18(10-8-17)22(24)25/h5-12,15H,4,13-14H2,1-3H3. The van der Waals surface area contributed by atoms with Crippen LogP contribution < -0.4 is 4.18 Å². The molecule has 0 aromatic heterocycles. The van der Waals surface area contributed by atoms with E-state index in [2.05, 4.69) is 0 Å². The third kappa shape index (κ3) is 6.56. The normalized spacial score (nSPS) is 11.3. The summed E-state index contributed by atoms with van der Waals surface area (Å²) in [6.45, 7) is 6.29. The number of carbonyl (C=O) groups is 1. The average Bonchev–Trinajstić information content (AvgIpc) is 2.68. The number of nitrogens with zero attached hydrogens (tertiary/aromatic N) is 2. The summed E-state index contributed by atoms with van der Waals surface area (Å²) in [6.07, 6.45) is 0. The van der Waals surface area contributed by atoms with Gasteiger partial charge in [0.1, 0.15) is 5.75 Å². The van der Waals surface area contributed by atoms with Crippen LogP contribution in [-0.2, 0) is 16.7 Å². The molecule has 8 nitrogen and oxygen atoms in total. The van der Waals surface area contributed by atoms with Crippen molar-refractivity contribution >= 4 is 21.7 Å². The summed E-state index contributed by atoms with van der Waals surface area (Å²) in [5, 5.41) is 10.8. The highest BCUT2D eigenvalue weighted by molar-refractivity contribution is 7.87. The van der Waals surface area contributed by atoms with Crippen LogP contribution in [-0.4, -0.2) is 36.4 Å². The molecule has 0 radical (unpaired) electrons. The predicted molar refractivity (Wildman–Crippen MR) is 109 cm³/mol. The maximum Gasteiger partial charge on any atom is 0.308 e. The molecule has 9 heteroatoms. The molecule has 1 amide bonds. The molecule has 29 heavy (non-hydrogen) atoms. The lowest BCUT2D eigenvalue weighted by Gasteiger charge is -2.25. The van der Waals surface area contributed by atoms with Crippen LogP contribution in [0.25, 0.3) is 0 Å². The van der Waals surface area contributed by atoms with Gasteiger partial charge in [-0.05, 0) is 42.7 Å². The first-order valence-corrected chi connectivity index (χ1v) is 10.7. The van der Waals surface area contributed by atoms with E-state index in [-0.39, 0.29) is 29.0 Å². The Kier molecular flexibility index (Phi) is 7.33. The average molecular weight is 420 g/mol. The van der Waals surface area contributed by atoms with Gasteiger partial charge in [-0.15, -0.1) is 0 Å². The van der Waals surface area contributed by atoms with Crippen molar-refractivity contribution in [3.63, 3.8) is 0 Å². The summed E-state index contributed by atoms with van der Waals surface area (Å²) in [4.78, 5) is 24.9. The summed E-state index contributed by atoms with van der Waals surface area (Å²) in [5.41, 5.74) is 1.10. The highest BCUT2D eigenvalue weighted by Crippen LogP contribution is 2.19. The van der Waals surface area contributed by atoms with E-state index in [9.17, 15) is 23.3 Å². The maximum absolute atomic E-state index is 12.9. The van der Waals surface area contributed by atoms with Crippen molar-refractivity contribution in [1.29, 1.82) is 0 Å². The minimum Gasteiger partial charge on any atom is -0.382 e. The Morgan fingerprint density at radius 1 is 1.10 bits per heavy atom. The van der Waals surface area contributed by atoms with Crippen LogP contribution in [0.5, 0.6) is 5.75 Å². The molecular formula is C20H24N2O6S. The Morgan fingerprint density at radius 2 is 1.69 bits per heavy atom. The van der Waals surface area contributed by atoms with Gasteiger partial charge in [0, 0.05) is 30.8 Å². The lowest BCUT2D eigenvalue weighted by atomic mass is 10.1. The second-order valence-corrected chi connectivity index (χ2v) is 8.82. The molecule has 0 saturated carbocycles. The minimum atomic E-state index is -3.60. The molecule has 0 heterocycles. The molecule has 0 saturated heterocycles. The van der Waals surface area contributed by atoms with Crippen LogP contribution in [0.2, 0.25) is 0 Å². The van der Waals surface area contributed by atoms with Gasteiger partial charge in [0.2, 0.25) is 0 Å². The van der Waals surface area contributed by atoms with Crippen molar-refractivity contribution in [1.82, 2.24) is 4.90 Å². The summed E-state index contributed by atoms with van der Waals surface area (Å²) in [5.74, 6) is 0.0743. The highest BCUT2D eigenvalue weighted by atomic mass is 32.2. The highest BCUT2D eigenvalue weighted by Gasteiger charge is 2.19. The van der Waals surface area contributed by atoms with Gasteiger partial charge in [0.05, 0.1) is 10.7 Å². The quantitative estimate of drug-likeness (QED) is 0.348. The number of nitro groups is 1. The van der Waals surface area contributed by atoms with Crippen molar-refractivity contribution in [3.05, 3.63) is 69.8 Å². The van der Waals surface area contributed by atoms with E-state index in [0.717, 1.165) is 5.56 Å². The van der Waals surface area contributed by atoms with E-state index >= 15 is 0 Å². The van der Waals surface area contributed by atoms with Gasteiger partial charge >= 0.3 is 10.1 Å². The van der Waals surface area contributed by atoms with Crippen LogP contribution in [0.3, 0.4) is 0 Å². The Labute approximate surface area is 170 Å². The number of hydrogen-bond donors (Lipinski definition) is 0. The molecule has 0 aliphatic rings. The molecule has 0 N–H and O–H groups in total. The molecule has 0 atom stereocenters. The lowest BCUT2D eigenvalue weighted by molar-refractivity contribution is -0.384. The third-order valence-corrected chi connectivity index (χ3v) is 5.22. The number of amides is 1. The van der Waals surface area contributed by atoms with Gasteiger partial charge in [-0.3, -0.25) is 14.9 Å². The molecule has 2 aromatic rings. The third-order valence-electron chi connectivity index (χ3n) is 4.07. The molecule has 0 aliphatic heterocycles. The monoisotopic (exact) mass is 420 g/mol. The molecule has 2 rings (SSSR count). The summed E-state index contributed by atoms with van der Waals surface area (Å²) < 4.78 is 28.1.